The van der Waals surface area contributed by atoms with Gasteiger partial charge in [-0.3, -0.25) is 4.79 Å². The first-order valence-electron chi connectivity index (χ1n) is 7.49. The number of nitrogens with one attached hydrogen (secondary N) is 1. The summed E-state index contributed by atoms with van der Waals surface area (Å²) in [5.41, 5.74) is 6.19. The van der Waals surface area contributed by atoms with E-state index in [4.69, 9.17) is 16.3 Å². The molecule has 0 aliphatic rings. The number of carboxylic acid groups (broad SMARTS) is 1. The lowest BCUT2D eigenvalue weighted by atomic mass is 9.98. The highest BCUT2D eigenvalue weighted by Gasteiger charge is 2.23. The minimum Gasteiger partial charge on any atom is -0.496 e. The molecular formula is C18H18N4O4. The Morgan fingerprint density at radius 3 is 2.58 bits per heavy atom. The number of anilines is 1. The Labute approximate surface area is 149 Å². The number of hydrogen-bond acceptors (Lipinski definition) is 6. The van der Waals surface area contributed by atoms with Gasteiger partial charge in [0.15, 0.2) is 0 Å². The number of rotatable bonds is 7. The van der Waals surface area contributed by atoms with Gasteiger partial charge in [0.1, 0.15) is 12.1 Å². The van der Waals surface area contributed by atoms with Crippen molar-refractivity contribution in [2.45, 2.75) is 0 Å². The number of carboxylic acids is 1. The van der Waals surface area contributed by atoms with Gasteiger partial charge < -0.3 is 26.7 Å². The number of hydrogen-bond donors (Lipinski definition) is 4. The number of Topliss-reactive ketones (excluding diaryl/α,β-unsaturated/α-hetero) is 1. The van der Waals surface area contributed by atoms with Crippen molar-refractivity contribution in [3.63, 3.8) is 0 Å². The van der Waals surface area contributed by atoms with Gasteiger partial charge in [0.05, 0.1) is 18.4 Å². The quantitative estimate of drug-likeness (QED) is 0.148. The highest BCUT2D eigenvalue weighted by Crippen LogP contribution is 2.28. The third-order valence-corrected chi connectivity index (χ3v) is 3.53. The molecule has 0 unspecified atom stereocenters. The molecule has 0 heterocycles. The summed E-state index contributed by atoms with van der Waals surface area (Å²) in [5, 5.41) is 15.7. The molecule has 2 aromatic rings. The lowest BCUT2D eigenvalue weighted by Crippen LogP contribution is -2.18. The monoisotopic (exact) mass is 354 g/mol. The zero-order chi connectivity index (χ0) is 19.1. The van der Waals surface area contributed by atoms with Crippen molar-refractivity contribution in [2.24, 2.45) is 16.7 Å². The van der Waals surface area contributed by atoms with Crippen LogP contribution in [0.25, 0.3) is 5.57 Å². The van der Waals surface area contributed by atoms with Crippen LogP contribution < -0.4 is 21.6 Å². The van der Waals surface area contributed by atoms with Crippen molar-refractivity contribution in [1.82, 2.24) is 0 Å². The van der Waals surface area contributed by atoms with Crippen LogP contribution in [-0.4, -0.2) is 30.3 Å². The number of nitrogens with zero attached hydrogens (tertiary/aromatic N) is 1. The summed E-state index contributed by atoms with van der Waals surface area (Å²) >= 11 is 0. The first kappa shape index (κ1) is 18.5. The predicted molar refractivity (Wildman–Crippen MR) is 98.8 cm³/mol. The number of hydrazone groups is 1. The molecule has 0 radical (unpaired) electrons. The van der Waals surface area contributed by atoms with Gasteiger partial charge in [-0.15, -0.1) is 0 Å². The molecule has 0 saturated carbocycles. The number of allylic oxidation sites excluding steroid dienone is 1. The second-order valence-corrected chi connectivity index (χ2v) is 5.13. The number of methoxy groups -OCH3 is 1. The van der Waals surface area contributed by atoms with Crippen LogP contribution in [0.1, 0.15) is 15.9 Å². The van der Waals surface area contributed by atoms with E-state index in [0.29, 0.717) is 11.4 Å². The minimum absolute atomic E-state index is 0.214. The standard InChI is InChI=1S/C18H18N4O4/c1-26-14-8-3-2-7-13(14)15(18(24)25)16(19)17(23)11-5-4-6-12(9-11)21-10-22-20/h2-10H,19-20H2,1H3,(H,21,22)(H,24,25). The van der Waals surface area contributed by atoms with Gasteiger partial charge in [-0.1, -0.05) is 30.3 Å². The van der Waals surface area contributed by atoms with Crippen molar-refractivity contribution in [3.8, 4) is 5.75 Å². The van der Waals surface area contributed by atoms with E-state index >= 15 is 0 Å². The average Bonchev–Trinajstić information content (AvgIpc) is 2.66. The highest BCUT2D eigenvalue weighted by molar-refractivity contribution is 6.26. The maximum absolute atomic E-state index is 12.7. The SMILES string of the molecule is COc1ccccc1C(C(=O)O)=C(N)C(=O)c1cccc(NC=NN)c1. The van der Waals surface area contributed by atoms with Gasteiger partial charge in [0, 0.05) is 16.8 Å². The lowest BCUT2D eigenvalue weighted by molar-refractivity contribution is -0.130. The molecular weight excluding hydrogens is 336 g/mol. The summed E-state index contributed by atoms with van der Waals surface area (Å²) < 4.78 is 5.17. The molecule has 2 aromatic carbocycles. The summed E-state index contributed by atoms with van der Waals surface area (Å²) in [6.45, 7) is 0. The fraction of sp³-hybridized carbons (Fsp3) is 0.0556. The number of aliphatic carboxylic acids is 1. The topological polar surface area (TPSA) is 140 Å². The fourth-order valence-corrected chi connectivity index (χ4v) is 2.36. The first-order chi connectivity index (χ1) is 12.5. The number of nitrogens with two attached hydrogens (primary N) is 2. The number of carbonyl (C=O) groups is 2. The van der Waals surface area contributed by atoms with E-state index in [0.717, 1.165) is 0 Å². The third-order valence-electron chi connectivity index (χ3n) is 3.53. The molecule has 0 spiro atoms. The van der Waals surface area contributed by atoms with Crippen molar-refractivity contribution in [2.75, 3.05) is 12.4 Å². The average molecular weight is 354 g/mol. The van der Waals surface area contributed by atoms with E-state index in [9.17, 15) is 14.7 Å². The second kappa shape index (κ2) is 8.34. The molecule has 6 N–H and O–H groups in total. The van der Waals surface area contributed by atoms with Crippen molar-refractivity contribution < 1.29 is 19.4 Å². The summed E-state index contributed by atoms with van der Waals surface area (Å²) in [5.74, 6) is 3.37. The first-order valence-corrected chi connectivity index (χ1v) is 7.49. The molecule has 0 saturated heterocycles. The normalized spacial score (nSPS) is 11.7. The maximum Gasteiger partial charge on any atom is 0.338 e. The van der Waals surface area contributed by atoms with Crippen LogP contribution in [0.3, 0.4) is 0 Å². The Balaban J connectivity index is 2.52. The summed E-state index contributed by atoms with van der Waals surface area (Å²) in [6, 6.07) is 12.8. The molecule has 0 aliphatic carbocycles. The number of ketones is 1. The van der Waals surface area contributed by atoms with Crippen LogP contribution in [0.5, 0.6) is 5.75 Å². The number of ether oxygens (including phenoxy) is 1. The number of para-hydroxylation sites is 1. The van der Waals surface area contributed by atoms with Crippen molar-refractivity contribution in [3.05, 3.63) is 65.4 Å². The summed E-state index contributed by atoms with van der Waals surface area (Å²) in [7, 11) is 1.41. The van der Waals surface area contributed by atoms with E-state index in [-0.39, 0.29) is 16.7 Å². The number of benzene rings is 2. The van der Waals surface area contributed by atoms with Gasteiger partial charge in [-0.2, -0.15) is 5.10 Å². The molecule has 134 valence electrons. The Bertz CT molecular complexity index is 890. The summed E-state index contributed by atoms with van der Waals surface area (Å²) in [4.78, 5) is 24.5. The van der Waals surface area contributed by atoms with Gasteiger partial charge in [-0.25, -0.2) is 4.79 Å². The van der Waals surface area contributed by atoms with E-state index in [2.05, 4.69) is 10.4 Å². The van der Waals surface area contributed by atoms with Gasteiger partial charge in [0.2, 0.25) is 5.78 Å². The van der Waals surface area contributed by atoms with Crippen LogP contribution in [0, 0.1) is 0 Å². The predicted octanol–water partition coefficient (Wildman–Crippen LogP) is 1.65. The van der Waals surface area contributed by atoms with Gasteiger partial charge in [0.25, 0.3) is 0 Å². The summed E-state index contributed by atoms with van der Waals surface area (Å²) in [6.07, 6.45) is 1.25. The smallest absolute Gasteiger partial charge is 0.338 e. The molecule has 0 bridgehead atoms. The van der Waals surface area contributed by atoms with E-state index < -0.39 is 17.4 Å². The lowest BCUT2D eigenvalue weighted by Gasteiger charge is -2.12. The molecule has 0 amide bonds. The Morgan fingerprint density at radius 1 is 1.19 bits per heavy atom. The van der Waals surface area contributed by atoms with E-state index in [1.54, 1.807) is 30.3 Å². The largest absolute Gasteiger partial charge is 0.496 e. The third kappa shape index (κ3) is 3.99. The van der Waals surface area contributed by atoms with E-state index in [1.807, 2.05) is 0 Å². The fourth-order valence-electron chi connectivity index (χ4n) is 2.36. The molecule has 2 rings (SSSR count). The van der Waals surface area contributed by atoms with Crippen molar-refractivity contribution >= 4 is 29.4 Å². The molecule has 26 heavy (non-hydrogen) atoms. The Hall–Kier alpha value is -3.81. The highest BCUT2D eigenvalue weighted by atomic mass is 16.5. The molecule has 8 nitrogen and oxygen atoms in total. The maximum atomic E-state index is 12.7. The van der Waals surface area contributed by atoms with Gasteiger partial charge in [-0.05, 0) is 18.2 Å². The second-order valence-electron chi connectivity index (χ2n) is 5.13. The Kier molecular flexibility index (Phi) is 5.94. The molecule has 8 heteroatoms. The number of carbonyl (C=O) groups excluding carboxylic acids is 1. The zero-order valence-corrected chi connectivity index (χ0v) is 14.0. The van der Waals surface area contributed by atoms with Crippen LogP contribution in [0.4, 0.5) is 5.69 Å². The molecule has 0 aromatic heterocycles. The molecule has 0 aliphatic heterocycles. The van der Waals surface area contributed by atoms with Crippen LogP contribution in [0.15, 0.2) is 59.3 Å². The molecule has 0 fully saturated rings. The Morgan fingerprint density at radius 2 is 1.92 bits per heavy atom. The van der Waals surface area contributed by atoms with Crippen LogP contribution in [-0.2, 0) is 4.79 Å². The zero-order valence-electron chi connectivity index (χ0n) is 14.0. The van der Waals surface area contributed by atoms with Gasteiger partial charge >= 0.3 is 5.97 Å². The van der Waals surface area contributed by atoms with Crippen LogP contribution >= 0.6 is 0 Å². The van der Waals surface area contributed by atoms with Crippen LogP contribution in [0.2, 0.25) is 0 Å². The van der Waals surface area contributed by atoms with E-state index in [1.165, 1.54) is 31.6 Å². The van der Waals surface area contributed by atoms with Crippen molar-refractivity contribution in [1.29, 1.82) is 0 Å². The molecule has 0 atom stereocenters. The minimum atomic E-state index is -1.33.